The van der Waals surface area contributed by atoms with E-state index in [2.05, 4.69) is 0 Å². The van der Waals surface area contributed by atoms with Crippen LogP contribution in [-0.4, -0.2) is 66.0 Å². The molecule has 1 aliphatic heterocycles. The molecule has 1 unspecified atom stereocenters. The van der Waals surface area contributed by atoms with Crippen LogP contribution in [0.15, 0.2) is 0 Å². The predicted molar refractivity (Wildman–Crippen MR) is 90.5 cm³/mol. The first-order valence-electron chi connectivity index (χ1n) is 8.03. The first-order valence-corrected chi connectivity index (χ1v) is 8.03. The summed E-state index contributed by atoms with van der Waals surface area (Å²) in [5, 5.41) is 0. The molecule has 0 aromatic rings. The molecule has 0 N–H and O–H groups in total. The first kappa shape index (κ1) is 21.8. The van der Waals surface area contributed by atoms with E-state index in [1.165, 1.54) is 7.11 Å². The predicted octanol–water partition coefficient (Wildman–Crippen LogP) is 1.67. The van der Waals surface area contributed by atoms with Crippen LogP contribution in [0.25, 0.3) is 0 Å². The van der Waals surface area contributed by atoms with Gasteiger partial charge in [0, 0.05) is 0 Å². The van der Waals surface area contributed by atoms with Crippen molar-refractivity contribution in [3.05, 3.63) is 0 Å². The maximum atomic E-state index is 13.0. The van der Waals surface area contributed by atoms with Crippen LogP contribution in [0, 0.1) is 0 Å². The van der Waals surface area contributed by atoms with Crippen LogP contribution in [0.4, 0.5) is 0 Å². The number of methoxy groups -OCH3 is 1. The van der Waals surface area contributed by atoms with E-state index in [-0.39, 0.29) is 12.4 Å². The summed E-state index contributed by atoms with van der Waals surface area (Å²) in [4.78, 5) is 28.4. The molecule has 1 saturated heterocycles. The van der Waals surface area contributed by atoms with Gasteiger partial charge in [0.05, 0.1) is 0 Å². The van der Waals surface area contributed by atoms with Crippen LogP contribution in [0.3, 0.4) is 0 Å². The minimum atomic E-state index is -1.06. The second-order valence-corrected chi connectivity index (χ2v) is 7.00. The topological polar surface area (TPSA) is 66.9 Å². The van der Waals surface area contributed by atoms with Gasteiger partial charge < -0.3 is 0 Å². The molecule has 0 radical (unpaired) electrons. The molecular weight excluding hydrogens is 295 g/mol. The van der Waals surface area contributed by atoms with Gasteiger partial charge in [-0.05, 0) is 0 Å². The van der Waals surface area contributed by atoms with E-state index in [1.54, 1.807) is 30.7 Å². The van der Waals surface area contributed by atoms with E-state index in [0.717, 1.165) is 7.15 Å². The molecule has 1 amide bonds. The molecule has 23 heavy (non-hydrogen) atoms. The van der Waals surface area contributed by atoms with Crippen molar-refractivity contribution in [1.29, 1.82) is 0 Å². The Morgan fingerprint density at radius 2 is 1.83 bits per heavy atom. The van der Waals surface area contributed by atoms with Crippen molar-refractivity contribution < 1.29 is 19.0 Å². The first-order chi connectivity index (χ1) is 10.4. The summed E-state index contributed by atoms with van der Waals surface area (Å²) in [7, 11) is 3.84. The molecule has 0 aliphatic carbocycles. The molecule has 132 valence electrons. The second-order valence-electron chi connectivity index (χ2n) is 7.00. The molecule has 1 aliphatic rings. The van der Waals surface area contributed by atoms with Crippen molar-refractivity contribution in [3.63, 3.8) is 0 Å². The quantitative estimate of drug-likeness (QED) is 0.568. The minimum absolute atomic E-state index is 0.160. The third-order valence-corrected chi connectivity index (χ3v) is 4.48. The van der Waals surface area contributed by atoms with Crippen LogP contribution in [0.5, 0.6) is 0 Å². The molecule has 1 rings (SSSR count). The van der Waals surface area contributed by atoms with Gasteiger partial charge >= 0.3 is 126 Å². The maximum absolute atomic E-state index is 13.0. The zero-order valence-corrected chi connectivity index (χ0v) is 16.0. The Labute approximate surface area is 140 Å². The Morgan fingerprint density at radius 3 is 2.22 bits per heavy atom. The molecule has 6 nitrogen and oxygen atoms in total. The van der Waals surface area contributed by atoms with Gasteiger partial charge in [-0.15, -0.1) is 0 Å². The van der Waals surface area contributed by atoms with Crippen molar-refractivity contribution >= 4 is 19.0 Å². The van der Waals surface area contributed by atoms with E-state index in [1.807, 2.05) is 34.6 Å². The van der Waals surface area contributed by atoms with Crippen molar-refractivity contribution in [1.82, 2.24) is 9.80 Å². The summed E-state index contributed by atoms with van der Waals surface area (Å²) in [5.41, 5.74) is -2.38. The van der Waals surface area contributed by atoms with E-state index >= 15 is 0 Å². The molecule has 0 aromatic heterocycles. The molecule has 1 atom stereocenters. The Morgan fingerprint density at radius 1 is 1.35 bits per heavy atom. The number of likely N-dealkylation sites (N-methyl/N-ethyl adjacent to an activating group) is 1. The molecule has 1 heterocycles. The van der Waals surface area contributed by atoms with Crippen molar-refractivity contribution in [3.8, 4) is 0 Å². The van der Waals surface area contributed by atoms with Gasteiger partial charge in [0.25, 0.3) is 0 Å². The number of nitrogens with zero attached hydrogens (tertiary/aromatic N) is 2. The summed E-state index contributed by atoms with van der Waals surface area (Å²) in [6.45, 7) is 13.0. The van der Waals surface area contributed by atoms with Crippen LogP contribution >= 0.6 is 0 Å². The summed E-state index contributed by atoms with van der Waals surface area (Å²) >= 11 is 0. The zero-order chi connectivity index (χ0) is 18.6. The fourth-order valence-electron chi connectivity index (χ4n) is 3.48. The van der Waals surface area contributed by atoms with Gasteiger partial charge in [-0.3, -0.25) is 0 Å². The molecule has 0 bridgehead atoms. The van der Waals surface area contributed by atoms with Crippen LogP contribution in [-0.2, 0) is 19.0 Å². The number of carbonyl (C=O) groups is 2. The Bertz CT molecular complexity index is 465. The number of hydrogen-bond donors (Lipinski definition) is 0. The summed E-state index contributed by atoms with van der Waals surface area (Å²) in [6.07, 6.45) is 0.703. The van der Waals surface area contributed by atoms with Crippen LogP contribution in [0.1, 0.15) is 54.9 Å². The zero-order valence-electron chi connectivity index (χ0n) is 16.0. The normalized spacial score (nSPS) is 23.2. The standard InChI is InChI=1S/C14H25BN2O4.C2H6/c1-12(2)8-14(5,16(6)9-15-20)10(18)17(12)13(3,4)11(19)21-7;1-2/h8-9H2,1-7H3;1-2H3. The molecule has 1 fully saturated rings. The van der Waals surface area contributed by atoms with Crippen molar-refractivity contribution in [2.75, 3.05) is 20.6 Å². The average Bonchev–Trinajstić information content (AvgIpc) is 2.66. The molecule has 0 saturated carbocycles. The van der Waals surface area contributed by atoms with Gasteiger partial charge in [-0.1, -0.05) is 13.8 Å². The third-order valence-electron chi connectivity index (χ3n) is 4.48. The SMILES string of the molecule is CC.COC(=O)C(C)(C)N1C(=O)C(C)(N(C)CB=O)CC1(C)C. The molecular formula is C16H31BN2O4. The number of likely N-dealkylation sites (tertiary alicyclic amines) is 1. The monoisotopic (exact) mass is 326 g/mol. The number of esters is 1. The molecule has 7 heteroatoms. The van der Waals surface area contributed by atoms with Crippen LogP contribution in [0.2, 0.25) is 0 Å². The van der Waals surface area contributed by atoms with Crippen LogP contribution < -0.4 is 0 Å². The Kier molecular flexibility index (Phi) is 7.15. The van der Waals surface area contributed by atoms with Gasteiger partial charge in [0.15, 0.2) is 0 Å². The average molecular weight is 326 g/mol. The van der Waals surface area contributed by atoms with Crippen molar-refractivity contribution in [2.45, 2.75) is 71.5 Å². The number of amides is 1. The number of hydrogen-bond acceptors (Lipinski definition) is 5. The van der Waals surface area contributed by atoms with Gasteiger partial charge in [-0.2, -0.15) is 0 Å². The molecule has 0 spiro atoms. The Hall–Kier alpha value is -1.24. The molecule has 0 aromatic carbocycles. The third kappa shape index (κ3) is 3.82. The van der Waals surface area contributed by atoms with E-state index in [0.29, 0.717) is 6.42 Å². The van der Waals surface area contributed by atoms with E-state index in [9.17, 15) is 14.3 Å². The summed E-state index contributed by atoms with van der Waals surface area (Å²) < 4.78 is 15.6. The number of rotatable bonds is 5. The van der Waals surface area contributed by atoms with Crippen molar-refractivity contribution in [2.24, 2.45) is 0 Å². The van der Waals surface area contributed by atoms with Gasteiger partial charge in [-0.25, -0.2) is 0 Å². The fourth-order valence-corrected chi connectivity index (χ4v) is 3.48. The second kappa shape index (κ2) is 7.56. The number of carbonyl (C=O) groups excluding carboxylic acids is 2. The Balaban J connectivity index is 0.00000232. The van der Waals surface area contributed by atoms with E-state index in [4.69, 9.17) is 4.74 Å². The van der Waals surface area contributed by atoms with Gasteiger partial charge in [0.1, 0.15) is 0 Å². The van der Waals surface area contributed by atoms with Gasteiger partial charge in [0.2, 0.25) is 0 Å². The summed E-state index contributed by atoms with van der Waals surface area (Å²) in [5.74, 6) is -0.613. The summed E-state index contributed by atoms with van der Waals surface area (Å²) in [6, 6.07) is 0. The number of ether oxygens (including phenoxy) is 1. The van der Waals surface area contributed by atoms with E-state index < -0.39 is 22.6 Å². The fraction of sp³-hybridized carbons (Fsp3) is 0.875.